The smallest absolute Gasteiger partial charge is 0.159 e. The molecule has 0 saturated carbocycles. The van der Waals surface area contributed by atoms with Crippen molar-refractivity contribution in [2.24, 2.45) is 0 Å². The summed E-state index contributed by atoms with van der Waals surface area (Å²) in [6.45, 7) is 6.24. The minimum Gasteiger partial charge on any atom is -0.398 e. The van der Waals surface area contributed by atoms with Crippen molar-refractivity contribution in [3.8, 4) is 11.4 Å². The van der Waals surface area contributed by atoms with Crippen LogP contribution < -0.4 is 5.73 Å². The predicted molar refractivity (Wildman–Crippen MR) is 70.7 cm³/mol. The highest BCUT2D eigenvalue weighted by Gasteiger charge is 2.08. The molecule has 0 bridgehead atoms. The number of nitrogens with two attached hydrogens (primary N) is 1. The Morgan fingerprint density at radius 1 is 1.18 bits per heavy atom. The Balaban J connectivity index is 2.53. The molecule has 88 valence electrons. The Labute approximate surface area is 102 Å². The molecule has 17 heavy (non-hydrogen) atoms. The van der Waals surface area contributed by atoms with E-state index in [9.17, 15) is 0 Å². The molecule has 1 aromatic heterocycles. The van der Waals surface area contributed by atoms with E-state index in [1.807, 2.05) is 31.2 Å². The molecule has 3 nitrogen and oxygen atoms in total. The molecule has 1 heterocycles. The Kier molecular flexibility index (Phi) is 3.09. The van der Waals surface area contributed by atoms with Crippen LogP contribution in [0.3, 0.4) is 0 Å². The van der Waals surface area contributed by atoms with Gasteiger partial charge in [-0.15, -0.1) is 0 Å². The third-order valence-electron chi connectivity index (χ3n) is 2.89. The maximum Gasteiger partial charge on any atom is 0.159 e. The first-order valence-electron chi connectivity index (χ1n) is 5.78. The Morgan fingerprint density at radius 2 is 1.94 bits per heavy atom. The molecule has 0 unspecified atom stereocenters. The first-order valence-corrected chi connectivity index (χ1v) is 5.78. The van der Waals surface area contributed by atoms with Gasteiger partial charge in [0.05, 0.1) is 0 Å². The third-order valence-corrected chi connectivity index (χ3v) is 2.89. The zero-order valence-electron chi connectivity index (χ0n) is 10.4. The number of aromatic nitrogens is 2. The van der Waals surface area contributed by atoms with Crippen LogP contribution in [0.5, 0.6) is 0 Å². The Bertz CT molecular complexity index is 533. The van der Waals surface area contributed by atoms with Crippen LogP contribution in [-0.4, -0.2) is 9.97 Å². The van der Waals surface area contributed by atoms with Crippen LogP contribution in [0.4, 0.5) is 5.69 Å². The monoisotopic (exact) mass is 227 g/mol. The van der Waals surface area contributed by atoms with E-state index < -0.39 is 0 Å². The van der Waals surface area contributed by atoms with Gasteiger partial charge in [-0.2, -0.15) is 0 Å². The molecule has 0 radical (unpaired) electrons. The lowest BCUT2D eigenvalue weighted by molar-refractivity contribution is 0.816. The summed E-state index contributed by atoms with van der Waals surface area (Å²) in [6, 6.07) is 7.79. The summed E-state index contributed by atoms with van der Waals surface area (Å²) in [5, 5.41) is 0. The van der Waals surface area contributed by atoms with Crippen molar-refractivity contribution in [3.63, 3.8) is 0 Å². The fourth-order valence-corrected chi connectivity index (χ4v) is 1.72. The topological polar surface area (TPSA) is 51.8 Å². The van der Waals surface area contributed by atoms with Crippen molar-refractivity contribution in [3.05, 3.63) is 41.7 Å². The van der Waals surface area contributed by atoms with E-state index in [1.54, 1.807) is 6.20 Å². The van der Waals surface area contributed by atoms with Crippen LogP contribution >= 0.6 is 0 Å². The van der Waals surface area contributed by atoms with Gasteiger partial charge >= 0.3 is 0 Å². The second-order valence-electron chi connectivity index (χ2n) is 4.48. The zero-order chi connectivity index (χ0) is 12.4. The van der Waals surface area contributed by atoms with Crippen molar-refractivity contribution in [2.75, 3.05) is 5.73 Å². The minimum absolute atomic E-state index is 0.401. The molecule has 0 amide bonds. The fraction of sp³-hybridized carbons (Fsp3) is 0.286. The largest absolute Gasteiger partial charge is 0.398 e. The minimum atomic E-state index is 0.401. The normalized spacial score (nSPS) is 10.8. The second-order valence-corrected chi connectivity index (χ2v) is 4.48. The third kappa shape index (κ3) is 2.28. The maximum atomic E-state index is 5.90. The van der Waals surface area contributed by atoms with Gasteiger partial charge in [-0.3, -0.25) is 0 Å². The molecule has 0 saturated heterocycles. The SMILES string of the molecule is Cc1c(N)cccc1-c1nccc(C(C)C)n1. The maximum absolute atomic E-state index is 5.90. The standard InChI is InChI=1S/C14H17N3/c1-9(2)13-7-8-16-14(17-13)11-5-4-6-12(15)10(11)3/h4-9H,15H2,1-3H3. The van der Waals surface area contributed by atoms with Gasteiger partial charge in [-0.05, 0) is 30.5 Å². The highest BCUT2D eigenvalue weighted by Crippen LogP contribution is 2.24. The van der Waals surface area contributed by atoms with Crippen LogP contribution in [0.15, 0.2) is 30.5 Å². The number of hydrogen-bond acceptors (Lipinski definition) is 3. The van der Waals surface area contributed by atoms with Crippen molar-refractivity contribution in [1.82, 2.24) is 9.97 Å². The van der Waals surface area contributed by atoms with Gasteiger partial charge in [-0.25, -0.2) is 9.97 Å². The van der Waals surface area contributed by atoms with Crippen LogP contribution in [0.1, 0.15) is 31.0 Å². The number of nitrogen functional groups attached to an aromatic ring is 1. The van der Waals surface area contributed by atoms with E-state index in [2.05, 4.69) is 23.8 Å². The lowest BCUT2D eigenvalue weighted by atomic mass is 10.1. The summed E-state index contributed by atoms with van der Waals surface area (Å²) in [5.41, 5.74) is 9.77. The molecule has 0 aliphatic rings. The first kappa shape index (κ1) is 11.6. The summed E-state index contributed by atoms with van der Waals surface area (Å²) in [4.78, 5) is 8.91. The molecule has 3 heteroatoms. The lowest BCUT2D eigenvalue weighted by Crippen LogP contribution is -1.99. The molecule has 0 spiro atoms. The van der Waals surface area contributed by atoms with E-state index in [0.29, 0.717) is 5.92 Å². The van der Waals surface area contributed by atoms with Crippen LogP contribution in [-0.2, 0) is 0 Å². The van der Waals surface area contributed by atoms with Gasteiger partial charge in [0.15, 0.2) is 5.82 Å². The molecule has 0 fully saturated rings. The highest BCUT2D eigenvalue weighted by molar-refractivity contribution is 5.67. The summed E-state index contributed by atoms with van der Waals surface area (Å²) in [6.07, 6.45) is 1.81. The van der Waals surface area contributed by atoms with Crippen molar-refractivity contribution in [2.45, 2.75) is 26.7 Å². The number of anilines is 1. The lowest BCUT2D eigenvalue weighted by Gasteiger charge is -2.09. The average Bonchev–Trinajstić information content (AvgIpc) is 2.33. The van der Waals surface area contributed by atoms with E-state index >= 15 is 0 Å². The quantitative estimate of drug-likeness (QED) is 0.802. The Morgan fingerprint density at radius 3 is 2.65 bits per heavy atom. The number of nitrogens with zero attached hydrogens (tertiary/aromatic N) is 2. The number of hydrogen-bond donors (Lipinski definition) is 1. The molecule has 0 aliphatic carbocycles. The second kappa shape index (κ2) is 4.53. The van der Waals surface area contributed by atoms with Gasteiger partial charge in [0.25, 0.3) is 0 Å². The first-order chi connectivity index (χ1) is 8.09. The van der Waals surface area contributed by atoms with Crippen LogP contribution in [0, 0.1) is 6.92 Å². The molecule has 1 aromatic carbocycles. The van der Waals surface area contributed by atoms with Gasteiger partial charge in [0.2, 0.25) is 0 Å². The van der Waals surface area contributed by atoms with Crippen LogP contribution in [0.2, 0.25) is 0 Å². The van der Waals surface area contributed by atoms with Gasteiger partial charge in [-0.1, -0.05) is 26.0 Å². The van der Waals surface area contributed by atoms with Crippen molar-refractivity contribution >= 4 is 5.69 Å². The van der Waals surface area contributed by atoms with Crippen LogP contribution in [0.25, 0.3) is 11.4 Å². The van der Waals surface area contributed by atoms with E-state index in [0.717, 1.165) is 28.3 Å². The Hall–Kier alpha value is -1.90. The molecule has 0 atom stereocenters. The molecular weight excluding hydrogens is 210 g/mol. The van der Waals surface area contributed by atoms with Gasteiger partial charge in [0, 0.05) is 23.1 Å². The van der Waals surface area contributed by atoms with E-state index in [4.69, 9.17) is 5.73 Å². The van der Waals surface area contributed by atoms with Crippen molar-refractivity contribution < 1.29 is 0 Å². The number of benzene rings is 1. The molecular formula is C14H17N3. The molecule has 2 aromatic rings. The van der Waals surface area contributed by atoms with E-state index in [-0.39, 0.29) is 0 Å². The summed E-state index contributed by atoms with van der Waals surface area (Å²) < 4.78 is 0. The van der Waals surface area contributed by atoms with E-state index in [1.165, 1.54) is 0 Å². The molecule has 0 aliphatic heterocycles. The predicted octanol–water partition coefficient (Wildman–Crippen LogP) is 3.16. The van der Waals surface area contributed by atoms with Gasteiger partial charge in [0.1, 0.15) is 0 Å². The fourth-order valence-electron chi connectivity index (χ4n) is 1.72. The highest BCUT2D eigenvalue weighted by atomic mass is 14.9. The summed E-state index contributed by atoms with van der Waals surface area (Å²) in [5.74, 6) is 1.15. The average molecular weight is 227 g/mol. The summed E-state index contributed by atoms with van der Waals surface area (Å²) in [7, 11) is 0. The van der Waals surface area contributed by atoms with Gasteiger partial charge < -0.3 is 5.73 Å². The van der Waals surface area contributed by atoms with Crippen molar-refractivity contribution in [1.29, 1.82) is 0 Å². The molecule has 2 N–H and O–H groups in total. The number of rotatable bonds is 2. The summed E-state index contributed by atoms with van der Waals surface area (Å²) >= 11 is 0. The molecule has 2 rings (SSSR count). The zero-order valence-corrected chi connectivity index (χ0v) is 10.4.